The normalized spacial score (nSPS) is 15.6. The van der Waals surface area contributed by atoms with Crippen molar-refractivity contribution in [2.75, 3.05) is 6.54 Å². The van der Waals surface area contributed by atoms with E-state index in [1.165, 1.54) is 17.3 Å². The molecular weight excluding hydrogens is 424 g/mol. The maximum Gasteiger partial charge on any atom is 0.266 e. The lowest BCUT2D eigenvalue weighted by Gasteiger charge is -2.18. The molecule has 2 aromatic carbocycles. The molecule has 2 aromatic rings. The van der Waals surface area contributed by atoms with Crippen molar-refractivity contribution < 1.29 is 9.59 Å². The molecule has 0 saturated carbocycles. The summed E-state index contributed by atoms with van der Waals surface area (Å²) >= 11 is 6.72. The lowest BCUT2D eigenvalue weighted by molar-refractivity contribution is -0.124. The third-order valence-corrected chi connectivity index (χ3v) is 6.44. The van der Waals surface area contributed by atoms with Crippen molar-refractivity contribution in [1.82, 2.24) is 10.2 Å². The lowest BCUT2D eigenvalue weighted by Crippen LogP contribution is -2.30. The second-order valence-electron chi connectivity index (χ2n) is 8.57. The SMILES string of the molecule is CC(C)(C)c1ccc(/C=C2\SC(=S)N(CCCC(=O)NCc3ccccc3)C2=O)cc1. The lowest BCUT2D eigenvalue weighted by atomic mass is 9.87. The molecule has 6 heteroatoms. The van der Waals surface area contributed by atoms with E-state index in [0.29, 0.717) is 35.2 Å². The van der Waals surface area contributed by atoms with Gasteiger partial charge in [0, 0.05) is 19.5 Å². The molecule has 0 bridgehead atoms. The number of amides is 2. The van der Waals surface area contributed by atoms with Gasteiger partial charge in [0.25, 0.3) is 5.91 Å². The van der Waals surface area contributed by atoms with Crippen LogP contribution in [0, 0.1) is 0 Å². The largest absolute Gasteiger partial charge is 0.352 e. The number of thiocarbonyl (C=S) groups is 1. The maximum atomic E-state index is 12.8. The minimum Gasteiger partial charge on any atom is -0.352 e. The summed E-state index contributed by atoms with van der Waals surface area (Å²) in [4.78, 5) is 27.1. The van der Waals surface area contributed by atoms with E-state index in [1.54, 1.807) is 4.90 Å². The van der Waals surface area contributed by atoms with Crippen LogP contribution in [0.1, 0.15) is 50.3 Å². The Labute approximate surface area is 194 Å². The van der Waals surface area contributed by atoms with Gasteiger partial charge in [0.2, 0.25) is 5.91 Å². The average Bonchev–Trinajstić information content (AvgIpc) is 3.00. The van der Waals surface area contributed by atoms with E-state index < -0.39 is 0 Å². The number of thioether (sulfide) groups is 1. The van der Waals surface area contributed by atoms with Gasteiger partial charge in [-0.2, -0.15) is 0 Å². The summed E-state index contributed by atoms with van der Waals surface area (Å²) in [5, 5.41) is 2.91. The van der Waals surface area contributed by atoms with E-state index >= 15 is 0 Å². The van der Waals surface area contributed by atoms with Gasteiger partial charge in [-0.25, -0.2) is 0 Å². The highest BCUT2D eigenvalue weighted by Crippen LogP contribution is 2.33. The quantitative estimate of drug-likeness (QED) is 0.459. The highest BCUT2D eigenvalue weighted by Gasteiger charge is 2.31. The van der Waals surface area contributed by atoms with Crippen molar-refractivity contribution >= 4 is 46.2 Å². The molecule has 0 atom stereocenters. The minimum absolute atomic E-state index is 0.0243. The number of nitrogens with zero attached hydrogens (tertiary/aromatic N) is 1. The first-order valence-corrected chi connectivity index (χ1v) is 11.6. The summed E-state index contributed by atoms with van der Waals surface area (Å²) < 4.78 is 0.548. The van der Waals surface area contributed by atoms with Gasteiger partial charge < -0.3 is 5.32 Å². The highest BCUT2D eigenvalue weighted by atomic mass is 32.2. The summed E-state index contributed by atoms with van der Waals surface area (Å²) in [6.07, 6.45) is 2.82. The molecule has 162 valence electrons. The summed E-state index contributed by atoms with van der Waals surface area (Å²) in [5.74, 6) is -0.108. The molecule has 1 fully saturated rings. The van der Waals surface area contributed by atoms with Crippen LogP contribution in [-0.4, -0.2) is 27.6 Å². The molecule has 1 heterocycles. The van der Waals surface area contributed by atoms with E-state index in [0.717, 1.165) is 11.1 Å². The maximum absolute atomic E-state index is 12.8. The smallest absolute Gasteiger partial charge is 0.266 e. The summed E-state index contributed by atoms with van der Waals surface area (Å²) in [6.45, 7) is 7.49. The molecule has 2 amide bonds. The summed E-state index contributed by atoms with van der Waals surface area (Å²) in [7, 11) is 0. The number of carbonyl (C=O) groups is 2. The molecule has 31 heavy (non-hydrogen) atoms. The Hall–Kier alpha value is -2.44. The van der Waals surface area contributed by atoms with E-state index in [9.17, 15) is 9.59 Å². The van der Waals surface area contributed by atoms with Crippen LogP contribution >= 0.6 is 24.0 Å². The van der Waals surface area contributed by atoms with Crippen LogP contribution in [0.5, 0.6) is 0 Å². The molecule has 0 spiro atoms. The Morgan fingerprint density at radius 3 is 2.42 bits per heavy atom. The van der Waals surface area contributed by atoms with Gasteiger partial charge in [-0.3, -0.25) is 14.5 Å². The number of rotatable bonds is 7. The predicted octanol–water partition coefficient (Wildman–Crippen LogP) is 5.28. The standard InChI is InChI=1S/C25H28N2O2S2/c1-25(2,3)20-13-11-18(12-14-20)16-21-23(29)27(24(30)31-21)15-7-10-22(28)26-17-19-8-5-4-6-9-19/h4-6,8-9,11-14,16H,7,10,15,17H2,1-3H3,(H,26,28)/b21-16-. The van der Waals surface area contributed by atoms with Crippen LogP contribution in [0.4, 0.5) is 0 Å². The fraction of sp³-hybridized carbons (Fsp3) is 0.320. The van der Waals surface area contributed by atoms with Gasteiger partial charge in [-0.1, -0.05) is 99.3 Å². The van der Waals surface area contributed by atoms with Gasteiger partial charge in [-0.05, 0) is 34.6 Å². The Bertz CT molecular complexity index is 977. The molecule has 3 rings (SSSR count). The minimum atomic E-state index is -0.0837. The van der Waals surface area contributed by atoms with Gasteiger partial charge >= 0.3 is 0 Å². The Morgan fingerprint density at radius 2 is 1.77 bits per heavy atom. The number of hydrogen-bond acceptors (Lipinski definition) is 4. The molecule has 0 aromatic heterocycles. The van der Waals surface area contributed by atoms with Gasteiger partial charge in [0.05, 0.1) is 4.91 Å². The summed E-state index contributed by atoms with van der Waals surface area (Å²) in [5.41, 5.74) is 3.39. The highest BCUT2D eigenvalue weighted by molar-refractivity contribution is 8.26. The Balaban J connectivity index is 1.50. The van der Waals surface area contributed by atoms with Crippen molar-refractivity contribution in [3.63, 3.8) is 0 Å². The fourth-order valence-corrected chi connectivity index (χ4v) is 4.51. The first-order chi connectivity index (χ1) is 14.7. The van der Waals surface area contributed by atoms with Gasteiger partial charge in [0.15, 0.2) is 0 Å². The van der Waals surface area contributed by atoms with E-state index in [-0.39, 0.29) is 17.2 Å². The fourth-order valence-electron chi connectivity index (χ4n) is 3.21. The molecule has 0 unspecified atom stereocenters. The number of carbonyl (C=O) groups excluding carboxylic acids is 2. The van der Waals surface area contributed by atoms with Gasteiger partial charge in [0.1, 0.15) is 4.32 Å². The van der Waals surface area contributed by atoms with Crippen LogP contribution in [0.25, 0.3) is 6.08 Å². The van der Waals surface area contributed by atoms with Gasteiger partial charge in [-0.15, -0.1) is 0 Å². The first-order valence-electron chi connectivity index (χ1n) is 10.4. The monoisotopic (exact) mass is 452 g/mol. The van der Waals surface area contributed by atoms with Crippen molar-refractivity contribution in [3.8, 4) is 0 Å². The van der Waals surface area contributed by atoms with Crippen molar-refractivity contribution in [2.24, 2.45) is 0 Å². The molecule has 1 saturated heterocycles. The van der Waals surface area contributed by atoms with Crippen LogP contribution < -0.4 is 5.32 Å². The number of nitrogens with one attached hydrogen (secondary N) is 1. The van der Waals surface area contributed by atoms with Crippen molar-refractivity contribution in [2.45, 2.75) is 45.6 Å². The topological polar surface area (TPSA) is 49.4 Å². The van der Waals surface area contributed by atoms with E-state index in [2.05, 4.69) is 38.2 Å². The van der Waals surface area contributed by atoms with Crippen LogP contribution in [0.3, 0.4) is 0 Å². The van der Waals surface area contributed by atoms with Crippen LogP contribution in [0.15, 0.2) is 59.5 Å². The molecule has 0 radical (unpaired) electrons. The molecular formula is C25H28N2O2S2. The number of hydrogen-bond donors (Lipinski definition) is 1. The molecule has 4 nitrogen and oxygen atoms in total. The third-order valence-electron chi connectivity index (χ3n) is 5.07. The molecule has 1 N–H and O–H groups in total. The zero-order chi connectivity index (χ0) is 22.4. The molecule has 0 aliphatic carbocycles. The molecule has 1 aliphatic heterocycles. The van der Waals surface area contributed by atoms with E-state index in [1.807, 2.05) is 48.5 Å². The third kappa shape index (κ3) is 6.52. The Morgan fingerprint density at radius 1 is 1.10 bits per heavy atom. The Kier molecular flexibility index (Phi) is 7.68. The summed E-state index contributed by atoms with van der Waals surface area (Å²) in [6, 6.07) is 18.1. The second-order valence-corrected chi connectivity index (χ2v) is 10.2. The first kappa shape index (κ1) is 23.2. The zero-order valence-electron chi connectivity index (χ0n) is 18.2. The zero-order valence-corrected chi connectivity index (χ0v) is 19.8. The predicted molar refractivity (Wildman–Crippen MR) is 133 cm³/mol. The average molecular weight is 453 g/mol. The number of benzene rings is 2. The molecule has 1 aliphatic rings. The van der Waals surface area contributed by atoms with Crippen molar-refractivity contribution in [3.05, 3.63) is 76.2 Å². The van der Waals surface area contributed by atoms with E-state index in [4.69, 9.17) is 12.2 Å². The van der Waals surface area contributed by atoms with Crippen LogP contribution in [-0.2, 0) is 21.5 Å². The second kappa shape index (κ2) is 10.2. The van der Waals surface area contributed by atoms with Crippen LogP contribution in [0.2, 0.25) is 0 Å². The van der Waals surface area contributed by atoms with Crippen molar-refractivity contribution in [1.29, 1.82) is 0 Å².